The highest BCUT2D eigenvalue weighted by Crippen LogP contribution is 2.27. The molecule has 0 saturated carbocycles. The summed E-state index contributed by atoms with van der Waals surface area (Å²) in [6.07, 6.45) is 1.68. The van der Waals surface area contributed by atoms with Crippen LogP contribution in [0.5, 0.6) is 0 Å². The Bertz CT molecular complexity index is 407. The van der Waals surface area contributed by atoms with E-state index >= 15 is 0 Å². The predicted molar refractivity (Wildman–Crippen MR) is 77.5 cm³/mol. The summed E-state index contributed by atoms with van der Waals surface area (Å²) < 4.78 is 0. The molecule has 0 unspecified atom stereocenters. The van der Waals surface area contributed by atoms with Gasteiger partial charge in [-0.05, 0) is 31.9 Å². The van der Waals surface area contributed by atoms with Gasteiger partial charge in [-0.15, -0.1) is 12.4 Å². The van der Waals surface area contributed by atoms with Crippen LogP contribution in [0.25, 0.3) is 0 Å². The van der Waals surface area contributed by atoms with Crippen molar-refractivity contribution in [2.75, 3.05) is 18.0 Å². The second kappa shape index (κ2) is 6.64. The number of carbonyl (C=O) groups excluding carboxylic acids is 1. The number of carbonyl (C=O) groups is 1. The number of para-hydroxylation sites is 1. The van der Waals surface area contributed by atoms with Crippen molar-refractivity contribution in [1.29, 1.82) is 0 Å². The summed E-state index contributed by atoms with van der Waals surface area (Å²) in [7, 11) is 0. The van der Waals surface area contributed by atoms with E-state index in [1.165, 1.54) is 11.3 Å². The Balaban J connectivity index is 0.00000162. The molecule has 0 spiro atoms. The van der Waals surface area contributed by atoms with Gasteiger partial charge in [0, 0.05) is 31.2 Å². The first-order valence-electron chi connectivity index (χ1n) is 6.29. The van der Waals surface area contributed by atoms with Crippen LogP contribution in [0.15, 0.2) is 24.3 Å². The Hall–Kier alpha value is -1.22. The van der Waals surface area contributed by atoms with E-state index < -0.39 is 0 Å². The zero-order valence-electron chi connectivity index (χ0n) is 11.0. The minimum Gasteiger partial charge on any atom is -0.370 e. The number of anilines is 1. The lowest BCUT2D eigenvalue weighted by atomic mass is 10.2. The van der Waals surface area contributed by atoms with E-state index in [1.54, 1.807) is 0 Å². The number of hydrogen-bond acceptors (Lipinski definition) is 2. The van der Waals surface area contributed by atoms with Gasteiger partial charge in [0.05, 0.1) is 0 Å². The van der Waals surface area contributed by atoms with Crippen molar-refractivity contribution in [1.82, 2.24) is 5.32 Å². The molecule has 1 amide bonds. The summed E-state index contributed by atoms with van der Waals surface area (Å²) in [4.78, 5) is 13.9. The summed E-state index contributed by atoms with van der Waals surface area (Å²) in [5.74, 6) is 0.143. The molecule has 100 valence electrons. The first kappa shape index (κ1) is 14.8. The van der Waals surface area contributed by atoms with Crippen LogP contribution in [-0.4, -0.2) is 25.0 Å². The van der Waals surface area contributed by atoms with E-state index in [1.807, 2.05) is 13.8 Å². The number of rotatable bonds is 4. The molecule has 1 heterocycles. The Morgan fingerprint density at radius 1 is 1.39 bits per heavy atom. The fourth-order valence-electron chi connectivity index (χ4n) is 2.27. The van der Waals surface area contributed by atoms with Gasteiger partial charge in [-0.1, -0.05) is 18.2 Å². The van der Waals surface area contributed by atoms with Crippen molar-refractivity contribution in [3.63, 3.8) is 0 Å². The van der Waals surface area contributed by atoms with Crippen LogP contribution in [0.3, 0.4) is 0 Å². The molecule has 2 rings (SSSR count). The molecule has 1 aromatic carbocycles. The van der Waals surface area contributed by atoms with Crippen molar-refractivity contribution in [3.05, 3.63) is 29.8 Å². The SMILES string of the molecule is CC(C)NC(=O)CCN1CCc2ccccc21.Cl. The van der Waals surface area contributed by atoms with Crippen LogP contribution in [0.4, 0.5) is 5.69 Å². The zero-order valence-corrected chi connectivity index (χ0v) is 11.8. The number of fused-ring (bicyclic) bond motifs is 1. The normalized spacial score (nSPS) is 13.2. The molecule has 0 atom stereocenters. The third kappa shape index (κ3) is 3.64. The quantitative estimate of drug-likeness (QED) is 0.909. The molecule has 0 fully saturated rings. The molecule has 0 bridgehead atoms. The molecule has 1 aliphatic rings. The molecule has 0 aromatic heterocycles. The monoisotopic (exact) mass is 268 g/mol. The Morgan fingerprint density at radius 2 is 2.11 bits per heavy atom. The number of nitrogens with zero attached hydrogens (tertiary/aromatic N) is 1. The molecule has 18 heavy (non-hydrogen) atoms. The van der Waals surface area contributed by atoms with Gasteiger partial charge < -0.3 is 10.2 Å². The number of halogens is 1. The number of hydrogen-bond donors (Lipinski definition) is 1. The summed E-state index contributed by atoms with van der Waals surface area (Å²) in [5.41, 5.74) is 2.70. The Kier molecular flexibility index (Phi) is 5.48. The van der Waals surface area contributed by atoms with E-state index in [4.69, 9.17) is 0 Å². The third-order valence-corrected chi connectivity index (χ3v) is 3.04. The highest BCUT2D eigenvalue weighted by atomic mass is 35.5. The lowest BCUT2D eigenvalue weighted by molar-refractivity contribution is -0.121. The predicted octanol–water partition coefficient (Wildman–Crippen LogP) is 2.39. The molecule has 0 radical (unpaired) electrons. The van der Waals surface area contributed by atoms with E-state index in [9.17, 15) is 4.79 Å². The first-order valence-corrected chi connectivity index (χ1v) is 6.29. The van der Waals surface area contributed by atoms with Gasteiger partial charge in [0.1, 0.15) is 0 Å². The smallest absolute Gasteiger partial charge is 0.221 e. The van der Waals surface area contributed by atoms with Crippen LogP contribution in [0.2, 0.25) is 0 Å². The minimum absolute atomic E-state index is 0. The van der Waals surface area contributed by atoms with Crippen molar-refractivity contribution in [2.24, 2.45) is 0 Å². The Morgan fingerprint density at radius 3 is 2.83 bits per heavy atom. The standard InChI is InChI=1S/C14H20N2O.ClH/c1-11(2)15-14(17)8-10-16-9-7-12-5-3-4-6-13(12)16;/h3-6,11H,7-10H2,1-2H3,(H,15,17);1H. The molecule has 3 nitrogen and oxygen atoms in total. The molecule has 1 aliphatic heterocycles. The maximum atomic E-state index is 11.6. The van der Waals surface area contributed by atoms with Crippen molar-refractivity contribution in [3.8, 4) is 0 Å². The maximum absolute atomic E-state index is 11.6. The number of benzene rings is 1. The highest BCUT2D eigenvalue weighted by Gasteiger charge is 2.18. The molecular weight excluding hydrogens is 248 g/mol. The van der Waals surface area contributed by atoms with Crippen molar-refractivity contribution >= 4 is 24.0 Å². The van der Waals surface area contributed by atoms with Crippen LogP contribution in [-0.2, 0) is 11.2 Å². The fourth-order valence-corrected chi connectivity index (χ4v) is 2.27. The van der Waals surface area contributed by atoms with E-state index in [-0.39, 0.29) is 24.4 Å². The Labute approximate surface area is 115 Å². The molecule has 0 aliphatic carbocycles. The number of amides is 1. The summed E-state index contributed by atoms with van der Waals surface area (Å²) in [5, 5.41) is 2.93. The topological polar surface area (TPSA) is 32.3 Å². The van der Waals surface area contributed by atoms with Crippen molar-refractivity contribution in [2.45, 2.75) is 32.7 Å². The second-order valence-corrected chi connectivity index (χ2v) is 4.84. The summed E-state index contributed by atoms with van der Waals surface area (Å²) in [6, 6.07) is 8.68. The van der Waals surface area contributed by atoms with Crippen LogP contribution >= 0.6 is 12.4 Å². The highest BCUT2D eigenvalue weighted by molar-refractivity contribution is 5.85. The zero-order chi connectivity index (χ0) is 12.3. The largest absolute Gasteiger partial charge is 0.370 e. The van der Waals surface area contributed by atoms with Gasteiger partial charge in [-0.2, -0.15) is 0 Å². The van der Waals surface area contributed by atoms with Crippen LogP contribution in [0, 0.1) is 0 Å². The van der Waals surface area contributed by atoms with Crippen LogP contribution < -0.4 is 10.2 Å². The third-order valence-electron chi connectivity index (χ3n) is 3.04. The van der Waals surface area contributed by atoms with Gasteiger partial charge in [-0.3, -0.25) is 4.79 Å². The van der Waals surface area contributed by atoms with E-state index in [0.29, 0.717) is 6.42 Å². The molecular formula is C14H21ClN2O. The molecule has 1 N–H and O–H groups in total. The van der Waals surface area contributed by atoms with Gasteiger partial charge in [0.2, 0.25) is 5.91 Å². The van der Waals surface area contributed by atoms with Gasteiger partial charge in [0.15, 0.2) is 0 Å². The van der Waals surface area contributed by atoms with Gasteiger partial charge in [-0.25, -0.2) is 0 Å². The van der Waals surface area contributed by atoms with Crippen molar-refractivity contribution < 1.29 is 4.79 Å². The molecule has 4 heteroatoms. The number of nitrogens with one attached hydrogen (secondary N) is 1. The second-order valence-electron chi connectivity index (χ2n) is 4.84. The summed E-state index contributed by atoms with van der Waals surface area (Å²) >= 11 is 0. The summed E-state index contributed by atoms with van der Waals surface area (Å²) in [6.45, 7) is 5.83. The maximum Gasteiger partial charge on any atom is 0.221 e. The van der Waals surface area contributed by atoms with Gasteiger partial charge >= 0.3 is 0 Å². The van der Waals surface area contributed by atoms with E-state index in [2.05, 4.69) is 34.5 Å². The average Bonchev–Trinajstić information content (AvgIpc) is 2.69. The van der Waals surface area contributed by atoms with Crippen LogP contribution in [0.1, 0.15) is 25.8 Å². The average molecular weight is 269 g/mol. The first-order chi connectivity index (χ1) is 8.16. The van der Waals surface area contributed by atoms with Gasteiger partial charge in [0.25, 0.3) is 0 Å². The lowest BCUT2D eigenvalue weighted by Gasteiger charge is -2.19. The van der Waals surface area contributed by atoms with E-state index in [0.717, 1.165) is 19.5 Å². The fraction of sp³-hybridized carbons (Fsp3) is 0.500. The molecule has 0 saturated heterocycles. The lowest BCUT2D eigenvalue weighted by Crippen LogP contribution is -2.33. The minimum atomic E-state index is 0. The molecule has 1 aromatic rings.